The maximum Gasteiger partial charge on any atom is 0.372 e. The number of nitrogen functional groups attached to an aromatic ring is 1. The number of nitrogens with two attached hydrogens (primary N) is 1. The van der Waals surface area contributed by atoms with Crippen LogP contribution in [0.25, 0.3) is 10.9 Å². The first-order valence-corrected chi connectivity index (χ1v) is 6.35. The predicted molar refractivity (Wildman–Crippen MR) is 79.7 cm³/mol. The van der Waals surface area contributed by atoms with Gasteiger partial charge in [-0.25, -0.2) is 9.97 Å². The van der Waals surface area contributed by atoms with E-state index in [0.717, 1.165) is 17.4 Å². The molecule has 0 saturated heterocycles. The Labute approximate surface area is 124 Å². The van der Waals surface area contributed by atoms with Crippen molar-refractivity contribution >= 4 is 22.4 Å². The van der Waals surface area contributed by atoms with Crippen LogP contribution in [0.2, 0.25) is 0 Å². The van der Waals surface area contributed by atoms with E-state index in [4.69, 9.17) is 10.5 Å². The molecular formula is C14H11N5O3. The van der Waals surface area contributed by atoms with E-state index in [1.54, 1.807) is 12.1 Å². The Kier molecular flexibility index (Phi) is 3.26. The van der Waals surface area contributed by atoms with E-state index in [1.807, 2.05) is 25.1 Å². The fourth-order valence-electron chi connectivity index (χ4n) is 2.03. The van der Waals surface area contributed by atoms with Crippen LogP contribution >= 0.6 is 0 Å². The van der Waals surface area contributed by atoms with E-state index in [-0.39, 0.29) is 11.7 Å². The number of nitrogens with zero attached hydrogens (tertiary/aromatic N) is 4. The zero-order valence-corrected chi connectivity index (χ0v) is 11.6. The van der Waals surface area contributed by atoms with Crippen LogP contribution in [0, 0.1) is 17.0 Å². The number of pyridine rings is 1. The van der Waals surface area contributed by atoms with Crippen molar-refractivity contribution in [1.82, 2.24) is 15.0 Å². The van der Waals surface area contributed by atoms with Gasteiger partial charge in [0, 0.05) is 11.1 Å². The van der Waals surface area contributed by atoms with Gasteiger partial charge in [-0.05, 0) is 19.1 Å². The van der Waals surface area contributed by atoms with Gasteiger partial charge >= 0.3 is 11.6 Å². The van der Waals surface area contributed by atoms with Crippen molar-refractivity contribution < 1.29 is 9.66 Å². The molecule has 3 aromatic rings. The number of para-hydroxylation sites is 1. The van der Waals surface area contributed by atoms with E-state index >= 15 is 0 Å². The molecule has 0 aliphatic heterocycles. The summed E-state index contributed by atoms with van der Waals surface area (Å²) in [6, 6.07) is 9.07. The molecule has 0 fully saturated rings. The number of hydrogen-bond donors (Lipinski definition) is 1. The molecule has 2 aromatic heterocycles. The lowest BCUT2D eigenvalue weighted by molar-refractivity contribution is -0.385. The standard InChI is InChI=1S/C14H11N5O3/c1-8-5-6-9-3-2-4-10(11(9)18-8)22-14-12(19(20)21)13(15)16-7-17-14/h2-7H,1H3,(H2,15,16,17). The van der Waals surface area contributed by atoms with Gasteiger partial charge in [0.25, 0.3) is 0 Å². The lowest BCUT2D eigenvalue weighted by atomic mass is 10.2. The number of aryl methyl sites for hydroxylation is 1. The van der Waals surface area contributed by atoms with Crippen molar-refractivity contribution in [3.63, 3.8) is 0 Å². The highest BCUT2D eigenvalue weighted by Gasteiger charge is 2.23. The number of aromatic nitrogens is 3. The second kappa shape index (κ2) is 5.24. The van der Waals surface area contributed by atoms with Crippen molar-refractivity contribution in [2.75, 3.05) is 5.73 Å². The normalized spacial score (nSPS) is 10.6. The number of fused-ring (bicyclic) bond motifs is 1. The van der Waals surface area contributed by atoms with Crippen molar-refractivity contribution in [2.24, 2.45) is 0 Å². The largest absolute Gasteiger partial charge is 0.431 e. The second-order valence-corrected chi connectivity index (χ2v) is 4.55. The Hall–Kier alpha value is -3.29. The summed E-state index contributed by atoms with van der Waals surface area (Å²) in [5.74, 6) is -0.102. The number of benzene rings is 1. The van der Waals surface area contributed by atoms with Gasteiger partial charge in [-0.1, -0.05) is 18.2 Å². The number of ether oxygens (including phenoxy) is 1. The molecule has 0 spiro atoms. The molecular weight excluding hydrogens is 286 g/mol. The Morgan fingerprint density at radius 2 is 2.05 bits per heavy atom. The van der Waals surface area contributed by atoms with Gasteiger partial charge in [0.15, 0.2) is 5.75 Å². The average molecular weight is 297 g/mol. The number of anilines is 1. The Morgan fingerprint density at radius 3 is 2.82 bits per heavy atom. The molecule has 0 radical (unpaired) electrons. The van der Waals surface area contributed by atoms with Gasteiger partial charge in [-0.15, -0.1) is 0 Å². The number of rotatable bonds is 3. The minimum atomic E-state index is -0.672. The van der Waals surface area contributed by atoms with Crippen molar-refractivity contribution in [2.45, 2.75) is 6.92 Å². The van der Waals surface area contributed by atoms with E-state index in [2.05, 4.69) is 15.0 Å². The minimum Gasteiger partial charge on any atom is -0.431 e. The summed E-state index contributed by atoms with van der Waals surface area (Å²) in [4.78, 5) is 22.2. The topological polar surface area (TPSA) is 117 Å². The van der Waals surface area contributed by atoms with Gasteiger partial charge in [0.1, 0.15) is 11.8 Å². The van der Waals surface area contributed by atoms with Gasteiger partial charge in [-0.2, -0.15) is 4.98 Å². The monoisotopic (exact) mass is 297 g/mol. The zero-order valence-electron chi connectivity index (χ0n) is 11.6. The van der Waals surface area contributed by atoms with E-state index in [1.165, 1.54) is 0 Å². The van der Waals surface area contributed by atoms with Crippen LogP contribution in [0.5, 0.6) is 11.6 Å². The summed E-state index contributed by atoms with van der Waals surface area (Å²) in [6.45, 7) is 1.85. The molecule has 8 nitrogen and oxygen atoms in total. The molecule has 3 rings (SSSR count). The molecule has 22 heavy (non-hydrogen) atoms. The van der Waals surface area contributed by atoms with Crippen LogP contribution in [0.1, 0.15) is 5.69 Å². The van der Waals surface area contributed by atoms with Gasteiger partial charge in [0.2, 0.25) is 5.82 Å². The summed E-state index contributed by atoms with van der Waals surface area (Å²) in [7, 11) is 0. The molecule has 0 bridgehead atoms. The van der Waals surface area contributed by atoms with Gasteiger partial charge < -0.3 is 10.5 Å². The van der Waals surface area contributed by atoms with E-state index in [0.29, 0.717) is 11.3 Å². The average Bonchev–Trinajstić information content (AvgIpc) is 2.47. The second-order valence-electron chi connectivity index (χ2n) is 4.55. The fourth-order valence-corrected chi connectivity index (χ4v) is 2.03. The Morgan fingerprint density at radius 1 is 1.23 bits per heavy atom. The van der Waals surface area contributed by atoms with E-state index < -0.39 is 10.6 Å². The fraction of sp³-hybridized carbons (Fsp3) is 0.0714. The molecule has 2 heterocycles. The predicted octanol–water partition coefficient (Wildman–Crippen LogP) is 2.62. The van der Waals surface area contributed by atoms with Crippen LogP contribution in [0.4, 0.5) is 11.5 Å². The molecule has 1 aromatic carbocycles. The molecule has 0 aliphatic carbocycles. The number of nitro groups is 1. The van der Waals surface area contributed by atoms with Crippen LogP contribution < -0.4 is 10.5 Å². The molecule has 0 unspecified atom stereocenters. The third-order valence-corrected chi connectivity index (χ3v) is 3.03. The first kappa shape index (κ1) is 13.7. The van der Waals surface area contributed by atoms with Gasteiger partial charge in [-0.3, -0.25) is 10.1 Å². The lowest BCUT2D eigenvalue weighted by Crippen LogP contribution is -2.03. The molecule has 8 heteroatoms. The molecule has 0 atom stereocenters. The van der Waals surface area contributed by atoms with Crippen LogP contribution in [-0.2, 0) is 0 Å². The lowest BCUT2D eigenvalue weighted by Gasteiger charge is -2.08. The summed E-state index contributed by atoms with van der Waals surface area (Å²) >= 11 is 0. The summed E-state index contributed by atoms with van der Waals surface area (Å²) < 4.78 is 5.58. The molecule has 0 amide bonds. The van der Waals surface area contributed by atoms with Crippen molar-refractivity contribution in [3.8, 4) is 11.6 Å². The Balaban J connectivity index is 2.13. The van der Waals surface area contributed by atoms with Crippen LogP contribution in [-0.4, -0.2) is 19.9 Å². The highest BCUT2D eigenvalue weighted by molar-refractivity contribution is 5.85. The quantitative estimate of drug-likeness (QED) is 0.583. The SMILES string of the molecule is Cc1ccc2cccc(Oc3ncnc(N)c3[N+](=O)[O-])c2n1. The van der Waals surface area contributed by atoms with Crippen LogP contribution in [0.15, 0.2) is 36.7 Å². The molecule has 0 saturated carbocycles. The molecule has 110 valence electrons. The minimum absolute atomic E-state index is 0.215. The third kappa shape index (κ3) is 2.37. The van der Waals surface area contributed by atoms with Crippen LogP contribution in [0.3, 0.4) is 0 Å². The van der Waals surface area contributed by atoms with E-state index in [9.17, 15) is 10.1 Å². The Bertz CT molecular complexity index is 881. The van der Waals surface area contributed by atoms with Crippen molar-refractivity contribution in [3.05, 3.63) is 52.5 Å². The highest BCUT2D eigenvalue weighted by atomic mass is 16.6. The first-order valence-electron chi connectivity index (χ1n) is 6.35. The highest BCUT2D eigenvalue weighted by Crippen LogP contribution is 2.34. The maximum absolute atomic E-state index is 11.1. The third-order valence-electron chi connectivity index (χ3n) is 3.03. The molecule has 0 aliphatic rings. The van der Waals surface area contributed by atoms with Gasteiger partial charge in [0.05, 0.1) is 4.92 Å². The number of hydrogen-bond acceptors (Lipinski definition) is 7. The smallest absolute Gasteiger partial charge is 0.372 e. The zero-order chi connectivity index (χ0) is 15.7. The first-order chi connectivity index (χ1) is 10.6. The summed E-state index contributed by atoms with van der Waals surface area (Å²) in [5.41, 5.74) is 6.46. The maximum atomic E-state index is 11.1. The summed E-state index contributed by atoms with van der Waals surface area (Å²) in [6.07, 6.45) is 1.11. The van der Waals surface area contributed by atoms with Crippen molar-refractivity contribution in [1.29, 1.82) is 0 Å². The summed E-state index contributed by atoms with van der Waals surface area (Å²) in [5, 5.41) is 12.0. The molecule has 2 N–H and O–H groups in total.